The third-order valence-electron chi connectivity index (χ3n) is 3.49. The van der Waals surface area contributed by atoms with Crippen LogP contribution in [0.2, 0.25) is 0 Å². The molecule has 1 aromatic rings. The van der Waals surface area contributed by atoms with Gasteiger partial charge in [-0.2, -0.15) is 0 Å². The lowest BCUT2D eigenvalue weighted by Gasteiger charge is -2.16. The van der Waals surface area contributed by atoms with E-state index in [1.165, 1.54) is 7.11 Å². The van der Waals surface area contributed by atoms with Crippen molar-refractivity contribution in [2.24, 2.45) is 5.92 Å². The molecule has 1 N–H and O–H groups in total. The first-order valence-electron chi connectivity index (χ1n) is 6.71. The number of ether oxygens (including phenoxy) is 1. The fourth-order valence-corrected chi connectivity index (χ4v) is 2.15. The highest BCUT2D eigenvalue weighted by atomic mass is 19.3. The summed E-state index contributed by atoms with van der Waals surface area (Å²) >= 11 is 0. The fraction of sp³-hybridized carbons (Fsp3) is 0.467. The molecule has 2 atom stereocenters. The number of rotatable bonds is 6. The van der Waals surface area contributed by atoms with Gasteiger partial charge >= 0.3 is 5.97 Å². The van der Waals surface area contributed by atoms with Crippen LogP contribution in [0.3, 0.4) is 0 Å². The first-order chi connectivity index (χ1) is 9.92. The number of benzene rings is 1. The van der Waals surface area contributed by atoms with E-state index in [1.54, 1.807) is 0 Å². The van der Waals surface area contributed by atoms with Gasteiger partial charge in [0.05, 0.1) is 7.11 Å². The second-order valence-electron chi connectivity index (χ2n) is 5.20. The number of hydrogen-bond acceptors (Lipinski definition) is 3. The Balaban J connectivity index is 1.93. The van der Waals surface area contributed by atoms with Crippen molar-refractivity contribution in [3.8, 4) is 0 Å². The van der Waals surface area contributed by atoms with E-state index in [1.807, 2.05) is 30.3 Å². The van der Waals surface area contributed by atoms with E-state index in [0.717, 1.165) is 5.56 Å². The number of esters is 1. The quantitative estimate of drug-likeness (QED) is 0.816. The van der Waals surface area contributed by atoms with Crippen molar-refractivity contribution in [3.63, 3.8) is 0 Å². The highest BCUT2D eigenvalue weighted by Crippen LogP contribution is 2.50. The zero-order valence-corrected chi connectivity index (χ0v) is 11.6. The van der Waals surface area contributed by atoms with Crippen molar-refractivity contribution in [2.45, 2.75) is 31.2 Å². The average molecular weight is 297 g/mol. The first kappa shape index (κ1) is 15.4. The van der Waals surface area contributed by atoms with Gasteiger partial charge in [-0.25, -0.2) is 13.6 Å². The third-order valence-corrected chi connectivity index (χ3v) is 3.49. The number of alkyl halides is 2. The molecule has 1 aromatic carbocycles. The standard InChI is InChI=1S/C15H17F2NO3/c1-21-14(20)12(7-10-5-3-2-4-6-10)18-13(19)8-11-9-15(11,16)17/h2-6,11-12H,7-9H2,1H3,(H,18,19)/t11?,12-/m0/s1. The van der Waals surface area contributed by atoms with Crippen LogP contribution in [0.4, 0.5) is 8.78 Å². The number of carbonyl (C=O) groups excluding carboxylic acids is 2. The molecule has 0 spiro atoms. The molecule has 21 heavy (non-hydrogen) atoms. The van der Waals surface area contributed by atoms with Crippen molar-refractivity contribution in [2.75, 3.05) is 7.11 Å². The first-order valence-corrected chi connectivity index (χ1v) is 6.71. The number of amides is 1. The van der Waals surface area contributed by atoms with E-state index in [0.29, 0.717) is 0 Å². The lowest BCUT2D eigenvalue weighted by molar-refractivity contribution is -0.145. The van der Waals surface area contributed by atoms with Crippen molar-refractivity contribution >= 4 is 11.9 Å². The Morgan fingerprint density at radius 2 is 2.00 bits per heavy atom. The molecule has 0 aromatic heterocycles. The van der Waals surface area contributed by atoms with Crippen LogP contribution in [0.25, 0.3) is 0 Å². The van der Waals surface area contributed by atoms with Crippen LogP contribution in [0.1, 0.15) is 18.4 Å². The summed E-state index contributed by atoms with van der Waals surface area (Å²) in [5.74, 6) is -4.79. The van der Waals surface area contributed by atoms with Gasteiger partial charge < -0.3 is 10.1 Å². The summed E-state index contributed by atoms with van der Waals surface area (Å²) in [6.45, 7) is 0. The molecule has 1 aliphatic rings. The minimum atomic E-state index is -2.74. The fourth-order valence-electron chi connectivity index (χ4n) is 2.15. The minimum absolute atomic E-state index is 0.262. The Bertz CT molecular complexity index is 519. The van der Waals surface area contributed by atoms with Crippen LogP contribution in [0.15, 0.2) is 30.3 Å². The van der Waals surface area contributed by atoms with Crippen LogP contribution in [-0.2, 0) is 20.7 Å². The summed E-state index contributed by atoms with van der Waals surface area (Å²) in [5, 5.41) is 2.48. The topological polar surface area (TPSA) is 55.4 Å². The highest BCUT2D eigenvalue weighted by Gasteiger charge is 2.57. The molecule has 4 nitrogen and oxygen atoms in total. The van der Waals surface area contributed by atoms with Crippen LogP contribution in [-0.4, -0.2) is 31.0 Å². The van der Waals surface area contributed by atoms with Crippen molar-refractivity contribution in [1.29, 1.82) is 0 Å². The molecule has 6 heteroatoms. The van der Waals surface area contributed by atoms with Gasteiger partial charge in [0.25, 0.3) is 5.92 Å². The Labute approximate surface area is 121 Å². The van der Waals surface area contributed by atoms with Gasteiger partial charge in [-0.15, -0.1) is 0 Å². The number of nitrogens with one attached hydrogen (secondary N) is 1. The molecule has 0 saturated heterocycles. The molecule has 0 radical (unpaired) electrons. The Hall–Kier alpha value is -1.98. The SMILES string of the molecule is COC(=O)[C@H](Cc1ccccc1)NC(=O)CC1CC1(F)F. The largest absolute Gasteiger partial charge is 0.467 e. The third kappa shape index (κ3) is 4.24. The van der Waals surface area contributed by atoms with E-state index in [-0.39, 0.29) is 19.3 Å². The molecular weight excluding hydrogens is 280 g/mol. The summed E-state index contributed by atoms with van der Waals surface area (Å²) in [5.41, 5.74) is 0.852. The predicted octanol–water partition coefficient (Wildman–Crippen LogP) is 1.93. The molecule has 1 aliphatic carbocycles. The molecule has 0 bridgehead atoms. The lowest BCUT2D eigenvalue weighted by Crippen LogP contribution is -2.43. The van der Waals surface area contributed by atoms with Gasteiger partial charge in [-0.05, 0) is 5.56 Å². The zero-order chi connectivity index (χ0) is 15.5. The van der Waals surface area contributed by atoms with Gasteiger partial charge in [0, 0.05) is 25.2 Å². The summed E-state index contributed by atoms with van der Waals surface area (Å²) in [6, 6.07) is 8.24. The molecule has 1 saturated carbocycles. The van der Waals surface area contributed by atoms with E-state index in [2.05, 4.69) is 10.1 Å². The van der Waals surface area contributed by atoms with Gasteiger partial charge in [0.1, 0.15) is 6.04 Å². The number of methoxy groups -OCH3 is 1. The second-order valence-corrected chi connectivity index (χ2v) is 5.20. The number of carbonyl (C=O) groups is 2. The molecule has 2 rings (SSSR count). The van der Waals surface area contributed by atoms with Gasteiger partial charge in [0.2, 0.25) is 5.91 Å². The van der Waals surface area contributed by atoms with Crippen molar-refractivity contribution < 1.29 is 23.1 Å². The van der Waals surface area contributed by atoms with E-state index >= 15 is 0 Å². The number of halogens is 2. The number of hydrogen-bond donors (Lipinski definition) is 1. The minimum Gasteiger partial charge on any atom is -0.467 e. The van der Waals surface area contributed by atoms with Gasteiger partial charge in [0.15, 0.2) is 0 Å². The average Bonchev–Trinajstić information content (AvgIpc) is 3.04. The Kier molecular flexibility index (Phi) is 4.55. The van der Waals surface area contributed by atoms with E-state index < -0.39 is 29.8 Å². The summed E-state index contributed by atoms with van der Waals surface area (Å²) in [4.78, 5) is 23.4. The van der Waals surface area contributed by atoms with Crippen LogP contribution in [0, 0.1) is 5.92 Å². The lowest BCUT2D eigenvalue weighted by atomic mass is 10.1. The smallest absolute Gasteiger partial charge is 0.328 e. The zero-order valence-electron chi connectivity index (χ0n) is 11.6. The maximum absolute atomic E-state index is 12.8. The monoisotopic (exact) mass is 297 g/mol. The van der Waals surface area contributed by atoms with E-state index in [9.17, 15) is 18.4 Å². The normalized spacial score (nSPS) is 20.4. The molecular formula is C15H17F2NO3. The predicted molar refractivity (Wildman–Crippen MR) is 71.8 cm³/mol. The summed E-state index contributed by atoms with van der Waals surface area (Å²) < 4.78 is 30.2. The summed E-state index contributed by atoms with van der Waals surface area (Å²) in [6.07, 6.45) is -0.266. The maximum atomic E-state index is 12.8. The van der Waals surface area contributed by atoms with Crippen LogP contribution in [0.5, 0.6) is 0 Å². The van der Waals surface area contributed by atoms with E-state index in [4.69, 9.17) is 0 Å². The molecule has 114 valence electrons. The maximum Gasteiger partial charge on any atom is 0.328 e. The molecule has 1 amide bonds. The van der Waals surface area contributed by atoms with Crippen molar-refractivity contribution in [1.82, 2.24) is 5.32 Å². The van der Waals surface area contributed by atoms with Gasteiger partial charge in [-0.3, -0.25) is 4.79 Å². The molecule has 0 heterocycles. The van der Waals surface area contributed by atoms with Crippen LogP contribution >= 0.6 is 0 Å². The molecule has 0 aliphatic heterocycles. The van der Waals surface area contributed by atoms with Crippen LogP contribution < -0.4 is 5.32 Å². The highest BCUT2D eigenvalue weighted by molar-refractivity contribution is 5.85. The van der Waals surface area contributed by atoms with Crippen molar-refractivity contribution in [3.05, 3.63) is 35.9 Å². The van der Waals surface area contributed by atoms with Gasteiger partial charge in [-0.1, -0.05) is 30.3 Å². The molecule has 1 unspecified atom stereocenters. The molecule has 1 fully saturated rings. The second kappa shape index (κ2) is 6.20. The summed E-state index contributed by atoms with van der Waals surface area (Å²) in [7, 11) is 1.22. The Morgan fingerprint density at radius 3 is 2.52 bits per heavy atom. The Morgan fingerprint density at radius 1 is 1.38 bits per heavy atom.